The Bertz CT molecular complexity index is 1520. The second-order valence-corrected chi connectivity index (χ2v) is 10.8. The highest BCUT2D eigenvalue weighted by atomic mass is 16.8. The molecule has 202 valence electrons. The topological polar surface area (TPSA) is 107 Å². The third kappa shape index (κ3) is 6.16. The molecule has 5 rings (SSSR count). The molecule has 39 heavy (non-hydrogen) atoms. The number of aryl methyl sites for hydroxylation is 1. The predicted octanol–water partition coefficient (Wildman–Crippen LogP) is 5.54. The fraction of sp³-hybridized carbons (Fsp3) is 0.333. The van der Waals surface area contributed by atoms with Gasteiger partial charge in [0.25, 0.3) is 5.91 Å². The van der Waals surface area contributed by atoms with Crippen molar-refractivity contribution in [3.63, 3.8) is 0 Å². The van der Waals surface area contributed by atoms with Crippen molar-refractivity contribution in [2.24, 2.45) is 5.41 Å². The monoisotopic (exact) mass is 527 g/mol. The Balaban J connectivity index is 1.35. The molecule has 2 aromatic heterocycles. The van der Waals surface area contributed by atoms with Crippen LogP contribution in [-0.4, -0.2) is 39.3 Å². The average Bonchev–Trinajstić information content (AvgIpc) is 3.36. The van der Waals surface area contributed by atoms with Gasteiger partial charge in [-0.2, -0.15) is 5.10 Å². The summed E-state index contributed by atoms with van der Waals surface area (Å²) in [7, 11) is 0. The lowest BCUT2D eigenvalue weighted by molar-refractivity contribution is -0.186. The smallest absolute Gasteiger partial charge is 0.274 e. The normalized spacial score (nSPS) is 15.7. The summed E-state index contributed by atoms with van der Waals surface area (Å²) >= 11 is 0. The molecule has 1 fully saturated rings. The maximum atomic E-state index is 12.7. The third-order valence-electron chi connectivity index (χ3n) is 6.62. The molecule has 1 aliphatic heterocycles. The van der Waals surface area contributed by atoms with Gasteiger partial charge >= 0.3 is 0 Å². The Kier molecular flexibility index (Phi) is 7.45. The number of imidazole rings is 1. The zero-order valence-electron chi connectivity index (χ0n) is 22.7. The van der Waals surface area contributed by atoms with E-state index < -0.39 is 11.7 Å². The highest BCUT2D eigenvalue weighted by Gasteiger charge is 2.22. The summed E-state index contributed by atoms with van der Waals surface area (Å²) in [5.41, 5.74) is 7.97. The summed E-state index contributed by atoms with van der Waals surface area (Å²) in [6.07, 6.45) is 4.22. The van der Waals surface area contributed by atoms with E-state index >= 15 is 0 Å². The maximum absolute atomic E-state index is 12.7. The van der Waals surface area contributed by atoms with Crippen LogP contribution >= 0.6 is 0 Å². The van der Waals surface area contributed by atoms with Gasteiger partial charge in [0.15, 0.2) is 11.9 Å². The van der Waals surface area contributed by atoms with Crippen LogP contribution in [0.15, 0.2) is 60.8 Å². The molecule has 9 heteroatoms. The first-order valence-electron chi connectivity index (χ1n) is 13.1. The van der Waals surface area contributed by atoms with Gasteiger partial charge in [0.1, 0.15) is 0 Å². The number of rotatable bonds is 6. The average molecular weight is 528 g/mol. The van der Waals surface area contributed by atoms with E-state index in [0.29, 0.717) is 23.5 Å². The second-order valence-electron chi connectivity index (χ2n) is 10.8. The molecule has 2 N–H and O–H groups in total. The Hall–Kier alpha value is -4.08. The third-order valence-corrected chi connectivity index (χ3v) is 6.62. The molecule has 1 saturated heterocycles. The first-order valence-corrected chi connectivity index (χ1v) is 13.1. The zero-order valence-corrected chi connectivity index (χ0v) is 22.7. The molecule has 9 nitrogen and oxygen atoms in total. The quantitative estimate of drug-likeness (QED) is 0.319. The number of aromatic nitrogens is 3. The van der Waals surface area contributed by atoms with Gasteiger partial charge in [-0.1, -0.05) is 45.0 Å². The Morgan fingerprint density at radius 3 is 2.62 bits per heavy atom. The molecule has 0 bridgehead atoms. The molecule has 1 aliphatic rings. The number of hydrogen-bond acceptors (Lipinski definition) is 6. The van der Waals surface area contributed by atoms with Crippen LogP contribution in [0.5, 0.6) is 0 Å². The molecule has 2 amide bonds. The van der Waals surface area contributed by atoms with Crippen molar-refractivity contribution in [3.8, 4) is 22.5 Å². The van der Waals surface area contributed by atoms with Gasteiger partial charge in [-0.05, 0) is 55.7 Å². The number of carbonyl (C=O) groups excluding carboxylic acids is 2. The fourth-order valence-corrected chi connectivity index (χ4v) is 4.20. The Morgan fingerprint density at radius 2 is 1.85 bits per heavy atom. The molecule has 0 saturated carbocycles. The predicted molar refractivity (Wildman–Crippen MR) is 149 cm³/mol. The summed E-state index contributed by atoms with van der Waals surface area (Å²) in [6, 6.07) is 16.9. The number of benzene rings is 2. The molecule has 3 heterocycles. The van der Waals surface area contributed by atoms with Crippen molar-refractivity contribution in [3.05, 3.63) is 71.9 Å². The van der Waals surface area contributed by atoms with Gasteiger partial charge in [-0.3, -0.25) is 9.59 Å². The van der Waals surface area contributed by atoms with Crippen LogP contribution in [0.1, 0.15) is 56.0 Å². The minimum Gasteiger partial charge on any atom is -0.350 e. The number of anilines is 1. The molecule has 0 spiro atoms. The molecule has 2 aromatic carbocycles. The van der Waals surface area contributed by atoms with Gasteiger partial charge in [-0.25, -0.2) is 19.8 Å². The van der Waals surface area contributed by atoms with E-state index in [-0.39, 0.29) is 11.8 Å². The first kappa shape index (κ1) is 26.5. The van der Waals surface area contributed by atoms with Crippen molar-refractivity contribution in [2.75, 3.05) is 11.9 Å². The summed E-state index contributed by atoms with van der Waals surface area (Å²) < 4.78 is 7.22. The number of amides is 2. The van der Waals surface area contributed by atoms with Gasteiger partial charge in [0.05, 0.1) is 17.6 Å². The van der Waals surface area contributed by atoms with Gasteiger partial charge in [0, 0.05) is 40.8 Å². The van der Waals surface area contributed by atoms with E-state index in [0.717, 1.165) is 47.3 Å². The van der Waals surface area contributed by atoms with Crippen molar-refractivity contribution >= 4 is 23.1 Å². The van der Waals surface area contributed by atoms with Gasteiger partial charge < -0.3 is 10.1 Å². The van der Waals surface area contributed by atoms with Crippen LogP contribution in [-0.2, 0) is 14.4 Å². The number of ether oxygens (including phenoxy) is 1. The second kappa shape index (κ2) is 11.0. The fourth-order valence-electron chi connectivity index (χ4n) is 4.20. The number of hydroxylamine groups is 1. The standard InChI is InChI=1S/C30H33N5O4/c1-19-11-12-21(17-24(19)32-29(37)30(2,3)4)25-18-35-26(31-25)14-13-23(33-35)20-8-7-9-22(16-20)28(36)34-39-27-10-5-6-15-38-27/h7-9,11-14,16-18,27H,5-6,10,15H2,1-4H3,(H,32,37)(H,34,36). The number of nitrogens with zero attached hydrogens (tertiary/aromatic N) is 3. The summed E-state index contributed by atoms with van der Waals surface area (Å²) in [6.45, 7) is 8.25. The van der Waals surface area contributed by atoms with Crippen LogP contribution in [0.3, 0.4) is 0 Å². The van der Waals surface area contributed by atoms with E-state index in [2.05, 4.69) is 10.8 Å². The van der Waals surface area contributed by atoms with Crippen LogP contribution < -0.4 is 10.8 Å². The van der Waals surface area contributed by atoms with Crippen molar-refractivity contribution < 1.29 is 19.2 Å². The Labute approximate surface area is 227 Å². The van der Waals surface area contributed by atoms with E-state index in [1.807, 2.05) is 76.4 Å². The largest absolute Gasteiger partial charge is 0.350 e. The van der Waals surface area contributed by atoms with Crippen LogP contribution in [0.25, 0.3) is 28.2 Å². The molecular formula is C30H33N5O4. The highest BCUT2D eigenvalue weighted by molar-refractivity contribution is 5.96. The number of hydrogen-bond donors (Lipinski definition) is 2. The van der Waals surface area contributed by atoms with E-state index in [1.165, 1.54) is 0 Å². The van der Waals surface area contributed by atoms with Crippen molar-refractivity contribution in [2.45, 2.75) is 53.2 Å². The number of carbonyl (C=O) groups is 2. The highest BCUT2D eigenvalue weighted by Crippen LogP contribution is 2.27. The summed E-state index contributed by atoms with van der Waals surface area (Å²) in [5.74, 6) is -0.389. The van der Waals surface area contributed by atoms with Gasteiger partial charge in [-0.15, -0.1) is 0 Å². The Morgan fingerprint density at radius 1 is 1.03 bits per heavy atom. The van der Waals surface area contributed by atoms with Crippen LogP contribution in [0.2, 0.25) is 0 Å². The van der Waals surface area contributed by atoms with Gasteiger partial charge in [0.2, 0.25) is 5.91 Å². The lowest BCUT2D eigenvalue weighted by Crippen LogP contribution is -2.33. The zero-order chi connectivity index (χ0) is 27.6. The molecule has 0 radical (unpaired) electrons. The van der Waals surface area contributed by atoms with Crippen molar-refractivity contribution in [1.29, 1.82) is 0 Å². The molecule has 1 unspecified atom stereocenters. The lowest BCUT2D eigenvalue weighted by Gasteiger charge is -2.22. The lowest BCUT2D eigenvalue weighted by atomic mass is 9.95. The summed E-state index contributed by atoms with van der Waals surface area (Å²) in [5, 5.41) is 7.76. The summed E-state index contributed by atoms with van der Waals surface area (Å²) in [4.78, 5) is 35.4. The minimum absolute atomic E-state index is 0.0474. The number of nitrogens with one attached hydrogen (secondary N) is 2. The van der Waals surface area contributed by atoms with Crippen LogP contribution in [0.4, 0.5) is 5.69 Å². The van der Waals surface area contributed by atoms with E-state index in [9.17, 15) is 9.59 Å². The molecule has 4 aromatic rings. The van der Waals surface area contributed by atoms with E-state index in [1.54, 1.807) is 16.6 Å². The molecule has 1 atom stereocenters. The van der Waals surface area contributed by atoms with Crippen LogP contribution in [0, 0.1) is 12.3 Å². The number of fused-ring (bicyclic) bond motifs is 1. The van der Waals surface area contributed by atoms with Crippen molar-refractivity contribution in [1.82, 2.24) is 20.1 Å². The minimum atomic E-state index is -0.499. The maximum Gasteiger partial charge on any atom is 0.274 e. The molecule has 0 aliphatic carbocycles. The first-order chi connectivity index (χ1) is 18.7. The molecular weight excluding hydrogens is 494 g/mol. The SMILES string of the molecule is Cc1ccc(-c2cn3nc(-c4cccc(C(=O)NOC5CCCCO5)c4)ccc3n2)cc1NC(=O)C(C)(C)C. The van der Waals surface area contributed by atoms with E-state index in [4.69, 9.17) is 19.7 Å².